The number of carboxylic acids is 1. The number of rotatable bonds is 8. The van der Waals surface area contributed by atoms with Crippen molar-refractivity contribution in [2.24, 2.45) is 0 Å². The fourth-order valence-electron chi connectivity index (χ4n) is 3.98. The maximum Gasteiger partial charge on any atom is 0.416 e. The summed E-state index contributed by atoms with van der Waals surface area (Å²) in [6, 6.07) is 15.4. The summed E-state index contributed by atoms with van der Waals surface area (Å²) in [6.45, 7) is 2.30. The zero-order chi connectivity index (χ0) is 27.6. The van der Waals surface area contributed by atoms with Crippen LogP contribution in [0.4, 0.5) is 13.2 Å². The summed E-state index contributed by atoms with van der Waals surface area (Å²) in [5, 5.41) is 9.42. The molecule has 0 amide bonds. The molecule has 202 valence electrons. The van der Waals surface area contributed by atoms with Gasteiger partial charge in [0.1, 0.15) is 36.3 Å². The second kappa shape index (κ2) is 10.9. The molecule has 1 N–H and O–H groups in total. The smallest absolute Gasteiger partial charge is 0.416 e. The number of aliphatic carboxylic acids is 1. The van der Waals surface area contributed by atoms with Gasteiger partial charge in [-0.05, 0) is 66.6 Å². The van der Waals surface area contributed by atoms with E-state index in [-0.39, 0.29) is 6.61 Å². The number of hydrogen-bond acceptors (Lipinski definition) is 7. The van der Waals surface area contributed by atoms with E-state index >= 15 is 0 Å². The van der Waals surface area contributed by atoms with E-state index in [1.54, 1.807) is 37.3 Å². The average Bonchev–Trinajstić information content (AvgIpc) is 3.35. The summed E-state index contributed by atoms with van der Waals surface area (Å²) in [7, 11) is 0. The fourth-order valence-corrected chi connectivity index (χ4v) is 4.98. The molecule has 39 heavy (non-hydrogen) atoms. The number of aryl methyl sites for hydroxylation is 1. The molecule has 0 fully saturated rings. The van der Waals surface area contributed by atoms with Crippen molar-refractivity contribution in [2.75, 3.05) is 19.8 Å². The van der Waals surface area contributed by atoms with Crippen molar-refractivity contribution in [1.29, 1.82) is 0 Å². The highest BCUT2D eigenvalue weighted by Crippen LogP contribution is 2.42. The van der Waals surface area contributed by atoms with Crippen molar-refractivity contribution in [2.45, 2.75) is 19.7 Å². The molecule has 0 atom stereocenters. The summed E-state index contributed by atoms with van der Waals surface area (Å²) in [5.74, 6) is 1.08. The van der Waals surface area contributed by atoms with Gasteiger partial charge in [-0.2, -0.15) is 13.2 Å². The molecule has 0 bridgehead atoms. The molecule has 0 spiro atoms. The Morgan fingerprint density at radius 2 is 1.69 bits per heavy atom. The van der Waals surface area contributed by atoms with Crippen molar-refractivity contribution < 1.29 is 42.0 Å². The predicted octanol–water partition coefficient (Wildman–Crippen LogP) is 6.62. The lowest BCUT2D eigenvalue weighted by molar-refractivity contribution is -0.139. The third-order valence-corrected chi connectivity index (χ3v) is 6.90. The highest BCUT2D eigenvalue weighted by molar-refractivity contribution is 7.15. The average molecular weight is 558 g/mol. The fraction of sp³-hybridized carbons (Fsp3) is 0.214. The molecule has 0 saturated heterocycles. The lowest BCUT2D eigenvalue weighted by Gasteiger charge is -2.18. The molecule has 1 aromatic heterocycles. The van der Waals surface area contributed by atoms with E-state index in [1.165, 1.54) is 23.5 Å². The van der Waals surface area contributed by atoms with E-state index in [0.29, 0.717) is 62.9 Å². The van der Waals surface area contributed by atoms with Crippen LogP contribution in [0.25, 0.3) is 21.7 Å². The first-order chi connectivity index (χ1) is 18.7. The van der Waals surface area contributed by atoms with Gasteiger partial charge in [-0.25, -0.2) is 9.78 Å². The van der Waals surface area contributed by atoms with Gasteiger partial charge in [0.2, 0.25) is 0 Å². The van der Waals surface area contributed by atoms with Crippen LogP contribution in [0.1, 0.15) is 16.1 Å². The van der Waals surface area contributed by atoms with Crippen LogP contribution in [0, 0.1) is 6.92 Å². The van der Waals surface area contributed by atoms with E-state index in [2.05, 4.69) is 0 Å². The van der Waals surface area contributed by atoms with Gasteiger partial charge in [0.05, 0.1) is 16.1 Å². The maximum atomic E-state index is 13.1. The first-order valence-corrected chi connectivity index (χ1v) is 12.6. The largest absolute Gasteiger partial charge is 0.486 e. The number of thiazole rings is 1. The topological polar surface area (TPSA) is 87.1 Å². The summed E-state index contributed by atoms with van der Waals surface area (Å²) in [6.07, 6.45) is -4.43. The first kappa shape index (κ1) is 26.4. The van der Waals surface area contributed by atoms with Gasteiger partial charge in [-0.3, -0.25) is 0 Å². The number of nitrogens with zero attached hydrogens (tertiary/aromatic N) is 1. The Morgan fingerprint density at radius 1 is 0.974 bits per heavy atom. The number of fused-ring (bicyclic) bond motifs is 1. The molecule has 4 aromatic rings. The predicted molar refractivity (Wildman–Crippen MR) is 138 cm³/mol. The van der Waals surface area contributed by atoms with Crippen LogP contribution in [-0.2, 0) is 17.6 Å². The summed E-state index contributed by atoms with van der Waals surface area (Å²) in [5.41, 5.74) is 1.88. The minimum absolute atomic E-state index is 0.109. The van der Waals surface area contributed by atoms with Crippen LogP contribution in [0.15, 0.2) is 60.7 Å². The van der Waals surface area contributed by atoms with E-state index in [4.69, 9.17) is 29.0 Å². The minimum Gasteiger partial charge on any atom is -0.486 e. The molecule has 3 aromatic carbocycles. The molecule has 7 nitrogen and oxygen atoms in total. The zero-order valence-corrected chi connectivity index (χ0v) is 21.4. The highest BCUT2D eigenvalue weighted by atomic mass is 32.1. The van der Waals surface area contributed by atoms with Crippen LogP contribution < -0.4 is 18.9 Å². The summed E-state index contributed by atoms with van der Waals surface area (Å²) >= 11 is 1.32. The molecule has 2 heterocycles. The monoisotopic (exact) mass is 557 g/mol. The lowest BCUT2D eigenvalue weighted by Crippen LogP contribution is -2.15. The number of hydrogen-bond donors (Lipinski definition) is 1. The van der Waals surface area contributed by atoms with E-state index in [0.717, 1.165) is 17.7 Å². The second-order valence-corrected chi connectivity index (χ2v) is 9.70. The second-order valence-electron chi connectivity index (χ2n) is 8.62. The third kappa shape index (κ3) is 6.09. The summed E-state index contributed by atoms with van der Waals surface area (Å²) < 4.78 is 61.9. The number of aromatic nitrogens is 1. The van der Waals surface area contributed by atoms with Crippen LogP contribution >= 0.6 is 11.3 Å². The third-order valence-electron chi connectivity index (χ3n) is 5.82. The SMILES string of the molecule is Cc1cc(OCc2nc(-c3ccc4c(c3)OCCO4)c(-c3ccc(C(F)(F)F)cc3)s2)ccc1OCC(=O)O. The van der Waals surface area contributed by atoms with Crippen molar-refractivity contribution in [3.8, 4) is 44.7 Å². The number of carbonyl (C=O) groups is 1. The van der Waals surface area contributed by atoms with Crippen LogP contribution in [0.2, 0.25) is 0 Å². The molecule has 1 aliphatic rings. The quantitative estimate of drug-likeness (QED) is 0.261. The molecule has 1 aliphatic heterocycles. The minimum atomic E-state index is -4.43. The molecule has 5 rings (SSSR count). The lowest BCUT2D eigenvalue weighted by atomic mass is 10.0. The van der Waals surface area contributed by atoms with E-state index < -0.39 is 24.3 Å². The summed E-state index contributed by atoms with van der Waals surface area (Å²) in [4.78, 5) is 16.2. The van der Waals surface area contributed by atoms with Gasteiger partial charge in [-0.15, -0.1) is 11.3 Å². The Kier molecular flexibility index (Phi) is 7.34. The number of alkyl halides is 3. The molecule has 0 radical (unpaired) electrons. The Morgan fingerprint density at radius 3 is 2.38 bits per heavy atom. The van der Waals surface area contributed by atoms with E-state index in [9.17, 15) is 18.0 Å². The molecule has 11 heteroatoms. The molecule has 0 saturated carbocycles. The number of ether oxygens (including phenoxy) is 4. The molecule has 0 unspecified atom stereocenters. The number of benzene rings is 3. The molecular weight excluding hydrogens is 535 g/mol. The molecule has 0 aliphatic carbocycles. The van der Waals surface area contributed by atoms with Crippen molar-refractivity contribution >= 4 is 17.3 Å². The van der Waals surface area contributed by atoms with Gasteiger partial charge in [-0.1, -0.05) is 12.1 Å². The van der Waals surface area contributed by atoms with E-state index in [1.807, 2.05) is 6.07 Å². The van der Waals surface area contributed by atoms with Crippen molar-refractivity contribution in [3.05, 3.63) is 76.8 Å². The van der Waals surface area contributed by atoms with Gasteiger partial charge in [0.15, 0.2) is 18.1 Å². The maximum absolute atomic E-state index is 13.1. The molecular formula is C28H22F3NO6S. The Hall–Kier alpha value is -4.25. The first-order valence-electron chi connectivity index (χ1n) is 11.8. The van der Waals surface area contributed by atoms with Crippen molar-refractivity contribution in [3.63, 3.8) is 0 Å². The zero-order valence-electron chi connectivity index (χ0n) is 20.6. The Labute approximate surface area is 225 Å². The number of carboxylic acid groups (broad SMARTS) is 1. The highest BCUT2D eigenvalue weighted by Gasteiger charge is 2.30. The van der Waals surface area contributed by atoms with Gasteiger partial charge in [0.25, 0.3) is 0 Å². The Bertz CT molecular complexity index is 1500. The van der Waals surface area contributed by atoms with Gasteiger partial charge in [0, 0.05) is 5.56 Å². The van der Waals surface area contributed by atoms with Crippen LogP contribution in [0.3, 0.4) is 0 Å². The van der Waals surface area contributed by atoms with Crippen molar-refractivity contribution in [1.82, 2.24) is 4.98 Å². The van der Waals surface area contributed by atoms with Gasteiger partial charge < -0.3 is 24.1 Å². The Balaban J connectivity index is 1.43. The van der Waals surface area contributed by atoms with Crippen LogP contribution in [0.5, 0.6) is 23.0 Å². The normalized spacial score (nSPS) is 12.7. The van der Waals surface area contributed by atoms with Gasteiger partial charge >= 0.3 is 12.1 Å². The number of halogens is 3. The standard InChI is InChI=1S/C28H22F3NO6S/c1-16-12-20(7-9-21(16)38-15-25(33)34)37-14-24-32-26(18-4-8-22-23(13-18)36-11-10-35-22)27(39-24)17-2-5-19(6-3-17)28(29,30)31/h2-9,12-13H,10-11,14-15H2,1H3,(H,33,34). The van der Waals surface area contributed by atoms with Crippen LogP contribution in [-0.4, -0.2) is 35.9 Å².